The van der Waals surface area contributed by atoms with Gasteiger partial charge in [-0.1, -0.05) is 13.8 Å². The normalized spacial score (nSPS) is 51.1. The van der Waals surface area contributed by atoms with Crippen molar-refractivity contribution in [3.63, 3.8) is 0 Å². The van der Waals surface area contributed by atoms with Gasteiger partial charge in [-0.2, -0.15) is 0 Å². The fourth-order valence-corrected chi connectivity index (χ4v) is 3.85. The molecule has 0 radical (unpaired) electrons. The molecule has 2 saturated carbocycles. The van der Waals surface area contributed by atoms with E-state index in [-0.39, 0.29) is 5.41 Å². The Morgan fingerprint density at radius 2 is 1.71 bits per heavy atom. The van der Waals surface area contributed by atoms with Gasteiger partial charge in [0.15, 0.2) is 0 Å². The van der Waals surface area contributed by atoms with Gasteiger partial charge in [-0.3, -0.25) is 0 Å². The Balaban J connectivity index is 2.22. The number of aldehydes is 1. The van der Waals surface area contributed by atoms with E-state index in [4.69, 9.17) is 5.73 Å². The molecular formula is C12H21NO. The minimum Gasteiger partial charge on any atom is -0.330 e. The van der Waals surface area contributed by atoms with E-state index < -0.39 is 0 Å². The van der Waals surface area contributed by atoms with Crippen LogP contribution in [0.3, 0.4) is 0 Å². The van der Waals surface area contributed by atoms with E-state index in [1.54, 1.807) is 0 Å². The summed E-state index contributed by atoms with van der Waals surface area (Å²) in [7, 11) is 0. The highest BCUT2D eigenvalue weighted by atomic mass is 16.1. The molecule has 0 amide bonds. The summed E-state index contributed by atoms with van der Waals surface area (Å²) in [4.78, 5) is 10.7. The summed E-state index contributed by atoms with van der Waals surface area (Å²) >= 11 is 0. The molecule has 80 valence electrons. The Bertz CT molecular complexity index is 245. The number of fused-ring (bicyclic) bond motifs is 1. The average molecular weight is 195 g/mol. The molecule has 0 bridgehead atoms. The van der Waals surface area contributed by atoms with Crippen LogP contribution in [0.15, 0.2) is 0 Å². The lowest BCUT2D eigenvalue weighted by Gasteiger charge is -2.52. The van der Waals surface area contributed by atoms with Gasteiger partial charge < -0.3 is 10.5 Å². The van der Waals surface area contributed by atoms with E-state index in [1.807, 2.05) is 0 Å². The maximum absolute atomic E-state index is 10.7. The van der Waals surface area contributed by atoms with Gasteiger partial charge in [-0.25, -0.2) is 0 Å². The first-order valence-electron chi connectivity index (χ1n) is 5.63. The van der Waals surface area contributed by atoms with Crippen LogP contribution in [0.5, 0.6) is 0 Å². The SMILES string of the molecule is C[C@@]12CC[C@]1(C)CC(CN)(CC=O)C2. The Hall–Kier alpha value is -0.370. The zero-order chi connectivity index (χ0) is 10.4. The minimum absolute atomic E-state index is 0.127. The van der Waals surface area contributed by atoms with Crippen LogP contribution in [0.2, 0.25) is 0 Å². The van der Waals surface area contributed by atoms with Crippen LogP contribution in [-0.2, 0) is 4.79 Å². The van der Waals surface area contributed by atoms with E-state index in [2.05, 4.69) is 13.8 Å². The number of hydrogen-bond acceptors (Lipinski definition) is 2. The van der Waals surface area contributed by atoms with Crippen LogP contribution in [0, 0.1) is 16.2 Å². The minimum atomic E-state index is 0.127. The summed E-state index contributed by atoms with van der Waals surface area (Å²) < 4.78 is 0. The third-order valence-corrected chi connectivity index (χ3v) is 5.17. The molecule has 2 rings (SSSR count). The standard InChI is InChI=1S/C12H21NO/c1-10-3-4-11(10,2)8-12(7-10,9-13)5-6-14/h6H,3-5,7-9,13H2,1-2H3/t10-,11+,12?. The molecule has 3 atom stereocenters. The number of hydrogen-bond donors (Lipinski definition) is 1. The number of carbonyl (C=O) groups excluding carboxylic acids is 1. The highest BCUT2D eigenvalue weighted by Gasteiger charge is 2.62. The molecule has 1 unspecified atom stereocenters. The van der Waals surface area contributed by atoms with Gasteiger partial charge in [0.25, 0.3) is 0 Å². The second-order valence-electron chi connectivity index (χ2n) is 6.05. The van der Waals surface area contributed by atoms with Crippen LogP contribution in [-0.4, -0.2) is 12.8 Å². The molecule has 0 aliphatic heterocycles. The van der Waals surface area contributed by atoms with Gasteiger partial charge in [0.05, 0.1) is 0 Å². The lowest BCUT2D eigenvalue weighted by molar-refractivity contribution is -0.109. The van der Waals surface area contributed by atoms with E-state index in [0.29, 0.717) is 23.8 Å². The third-order valence-electron chi connectivity index (χ3n) is 5.17. The van der Waals surface area contributed by atoms with Crippen molar-refractivity contribution >= 4 is 6.29 Å². The number of rotatable bonds is 3. The summed E-state index contributed by atoms with van der Waals surface area (Å²) in [6.07, 6.45) is 6.69. The van der Waals surface area contributed by atoms with Crippen molar-refractivity contribution in [2.45, 2.75) is 46.0 Å². The first-order valence-corrected chi connectivity index (χ1v) is 5.63. The van der Waals surface area contributed by atoms with Crippen LogP contribution in [0.4, 0.5) is 0 Å². The molecule has 0 aromatic carbocycles. The molecule has 2 nitrogen and oxygen atoms in total. The molecule has 0 spiro atoms. The second-order valence-corrected chi connectivity index (χ2v) is 6.05. The lowest BCUT2D eigenvalue weighted by Crippen LogP contribution is -2.42. The number of nitrogens with two attached hydrogens (primary N) is 1. The van der Waals surface area contributed by atoms with Crippen LogP contribution in [0.1, 0.15) is 46.0 Å². The average Bonchev–Trinajstić information content (AvgIpc) is 2.28. The Morgan fingerprint density at radius 1 is 1.21 bits per heavy atom. The molecule has 2 aliphatic rings. The van der Waals surface area contributed by atoms with Gasteiger partial charge in [0, 0.05) is 6.42 Å². The van der Waals surface area contributed by atoms with Crippen molar-refractivity contribution in [2.75, 3.05) is 6.54 Å². The van der Waals surface area contributed by atoms with Crippen LogP contribution in [0.25, 0.3) is 0 Å². The van der Waals surface area contributed by atoms with Crippen molar-refractivity contribution in [1.29, 1.82) is 0 Å². The molecular weight excluding hydrogens is 174 g/mol. The molecule has 2 fully saturated rings. The summed E-state index contributed by atoms with van der Waals surface area (Å²) in [5.74, 6) is 0. The predicted molar refractivity (Wildman–Crippen MR) is 56.9 cm³/mol. The molecule has 14 heavy (non-hydrogen) atoms. The third kappa shape index (κ3) is 1.10. The van der Waals surface area contributed by atoms with Gasteiger partial charge in [0.2, 0.25) is 0 Å². The number of carbonyl (C=O) groups is 1. The second kappa shape index (κ2) is 2.82. The van der Waals surface area contributed by atoms with E-state index in [9.17, 15) is 4.79 Å². The lowest BCUT2D eigenvalue weighted by atomic mass is 9.53. The van der Waals surface area contributed by atoms with Crippen LogP contribution < -0.4 is 5.73 Å². The van der Waals surface area contributed by atoms with Crippen molar-refractivity contribution in [1.82, 2.24) is 0 Å². The fourth-order valence-electron chi connectivity index (χ4n) is 3.85. The largest absolute Gasteiger partial charge is 0.330 e. The van der Waals surface area contributed by atoms with Crippen LogP contribution >= 0.6 is 0 Å². The smallest absolute Gasteiger partial charge is 0.120 e. The molecule has 0 aromatic heterocycles. The summed E-state index contributed by atoms with van der Waals surface area (Å²) in [6, 6.07) is 0. The highest BCUT2D eigenvalue weighted by Crippen LogP contribution is 2.71. The molecule has 2 N–H and O–H groups in total. The summed E-state index contributed by atoms with van der Waals surface area (Å²) in [6.45, 7) is 5.42. The van der Waals surface area contributed by atoms with E-state index in [0.717, 1.165) is 19.1 Å². The highest BCUT2D eigenvalue weighted by molar-refractivity contribution is 5.51. The zero-order valence-corrected chi connectivity index (χ0v) is 9.31. The summed E-state index contributed by atoms with van der Waals surface area (Å²) in [5.41, 5.74) is 6.93. The van der Waals surface area contributed by atoms with Crippen molar-refractivity contribution in [3.8, 4) is 0 Å². The van der Waals surface area contributed by atoms with Gasteiger partial charge in [-0.05, 0) is 48.5 Å². The zero-order valence-electron chi connectivity index (χ0n) is 9.31. The molecule has 0 aromatic rings. The molecule has 2 heteroatoms. The maximum Gasteiger partial charge on any atom is 0.120 e. The summed E-state index contributed by atoms with van der Waals surface area (Å²) in [5, 5.41) is 0. The Labute approximate surface area is 86.2 Å². The fraction of sp³-hybridized carbons (Fsp3) is 0.917. The van der Waals surface area contributed by atoms with Crippen molar-refractivity contribution < 1.29 is 4.79 Å². The maximum atomic E-state index is 10.7. The predicted octanol–water partition coefficient (Wildman–Crippen LogP) is 2.12. The van der Waals surface area contributed by atoms with E-state index in [1.165, 1.54) is 12.8 Å². The van der Waals surface area contributed by atoms with Gasteiger partial charge >= 0.3 is 0 Å². The molecule has 0 saturated heterocycles. The van der Waals surface area contributed by atoms with Crippen molar-refractivity contribution in [2.24, 2.45) is 22.0 Å². The Morgan fingerprint density at radius 3 is 2.00 bits per heavy atom. The first-order chi connectivity index (χ1) is 6.49. The Kier molecular flexibility index (Phi) is 2.04. The topological polar surface area (TPSA) is 43.1 Å². The molecule has 0 heterocycles. The van der Waals surface area contributed by atoms with Gasteiger partial charge in [-0.15, -0.1) is 0 Å². The monoisotopic (exact) mass is 195 g/mol. The molecule has 2 aliphatic carbocycles. The van der Waals surface area contributed by atoms with E-state index >= 15 is 0 Å². The van der Waals surface area contributed by atoms with Gasteiger partial charge in [0.1, 0.15) is 6.29 Å². The quantitative estimate of drug-likeness (QED) is 0.701. The first kappa shape index (κ1) is 10.2. The van der Waals surface area contributed by atoms with Crippen molar-refractivity contribution in [3.05, 3.63) is 0 Å².